The fraction of sp³-hybridized carbons (Fsp3) is 0.400. The van der Waals surface area contributed by atoms with Crippen molar-refractivity contribution in [2.24, 2.45) is 0 Å². The summed E-state index contributed by atoms with van der Waals surface area (Å²) in [4.78, 5) is 15.3. The van der Waals surface area contributed by atoms with Gasteiger partial charge in [0.05, 0.1) is 18.1 Å². The molecule has 0 aliphatic carbocycles. The van der Waals surface area contributed by atoms with Crippen LogP contribution in [0.2, 0.25) is 0 Å². The number of anilines is 1. The molecule has 2 aromatic heterocycles. The number of pyridine rings is 1. The Morgan fingerprint density at radius 3 is 2.65 bits per heavy atom. The van der Waals surface area contributed by atoms with Gasteiger partial charge in [-0.2, -0.15) is 0 Å². The van der Waals surface area contributed by atoms with E-state index in [0.29, 0.717) is 0 Å². The Morgan fingerprint density at radius 2 is 2.00 bits per heavy atom. The van der Waals surface area contributed by atoms with E-state index in [1.54, 1.807) is 0 Å². The first kappa shape index (κ1) is 14.4. The zero-order valence-corrected chi connectivity index (χ0v) is 12.1. The summed E-state index contributed by atoms with van der Waals surface area (Å²) in [5, 5.41) is 3.24. The van der Waals surface area contributed by atoms with E-state index >= 15 is 0 Å². The molecule has 5 heteroatoms. The molecule has 0 amide bonds. The minimum atomic E-state index is 0.765. The van der Waals surface area contributed by atoms with Crippen LogP contribution in [0.5, 0.6) is 0 Å². The molecule has 20 heavy (non-hydrogen) atoms. The lowest BCUT2D eigenvalue weighted by atomic mass is 10.2. The molecule has 0 saturated carbocycles. The number of aromatic nitrogens is 3. The van der Waals surface area contributed by atoms with E-state index < -0.39 is 0 Å². The molecular formula is C15H21N5. The fourth-order valence-corrected chi connectivity index (χ4v) is 1.83. The molecule has 2 rings (SSSR count). The number of hydrogen-bond donors (Lipinski definition) is 1. The Kier molecular flexibility index (Phi) is 5.43. The maximum Gasteiger partial charge on any atom is 0.146 e. The van der Waals surface area contributed by atoms with E-state index in [1.807, 2.05) is 43.8 Å². The maximum absolute atomic E-state index is 4.45. The second-order valence-corrected chi connectivity index (χ2v) is 4.64. The Morgan fingerprint density at radius 1 is 1.10 bits per heavy atom. The van der Waals surface area contributed by atoms with Crippen molar-refractivity contribution >= 4 is 5.82 Å². The number of nitrogens with one attached hydrogen (secondary N) is 1. The summed E-state index contributed by atoms with van der Waals surface area (Å²) < 4.78 is 0. The van der Waals surface area contributed by atoms with E-state index in [0.717, 1.165) is 43.3 Å². The molecular weight excluding hydrogens is 250 g/mol. The minimum absolute atomic E-state index is 0.765. The molecule has 2 heterocycles. The Bertz CT molecular complexity index is 497. The van der Waals surface area contributed by atoms with Crippen LogP contribution >= 0.6 is 0 Å². The summed E-state index contributed by atoms with van der Waals surface area (Å²) in [7, 11) is 2.02. The highest BCUT2D eigenvalue weighted by molar-refractivity contribution is 5.34. The predicted molar refractivity (Wildman–Crippen MR) is 80.6 cm³/mol. The number of nitrogens with zero attached hydrogens (tertiary/aromatic N) is 4. The average Bonchev–Trinajstić information content (AvgIpc) is 2.52. The first-order valence-electron chi connectivity index (χ1n) is 6.92. The monoisotopic (exact) mass is 271 g/mol. The molecule has 0 aromatic carbocycles. The Labute approximate surface area is 120 Å². The molecule has 0 aliphatic heterocycles. The second kappa shape index (κ2) is 7.55. The van der Waals surface area contributed by atoms with Crippen LogP contribution in [0.4, 0.5) is 5.82 Å². The van der Waals surface area contributed by atoms with Crippen LogP contribution in [0.25, 0.3) is 0 Å². The molecule has 1 N–H and O–H groups in total. The topological polar surface area (TPSA) is 53.9 Å². The maximum atomic E-state index is 4.45. The molecule has 0 fully saturated rings. The molecule has 0 aliphatic rings. The predicted octanol–water partition coefficient (Wildman–Crippen LogP) is 1.66. The summed E-state index contributed by atoms with van der Waals surface area (Å²) in [6, 6.07) is 5.98. The zero-order chi connectivity index (χ0) is 14.2. The van der Waals surface area contributed by atoms with Crippen LogP contribution in [-0.2, 0) is 13.0 Å². The molecule has 0 saturated heterocycles. The lowest BCUT2D eigenvalue weighted by Crippen LogP contribution is -2.22. The lowest BCUT2D eigenvalue weighted by Gasteiger charge is -2.17. The van der Waals surface area contributed by atoms with Gasteiger partial charge in [0.2, 0.25) is 0 Å². The van der Waals surface area contributed by atoms with Gasteiger partial charge in [0.15, 0.2) is 0 Å². The van der Waals surface area contributed by atoms with Crippen molar-refractivity contribution in [1.82, 2.24) is 20.3 Å². The van der Waals surface area contributed by atoms with Crippen LogP contribution in [0.1, 0.15) is 18.3 Å². The van der Waals surface area contributed by atoms with Crippen molar-refractivity contribution in [3.63, 3.8) is 0 Å². The van der Waals surface area contributed by atoms with Crippen molar-refractivity contribution < 1.29 is 0 Å². The minimum Gasteiger partial charge on any atom is -0.358 e. The van der Waals surface area contributed by atoms with Crippen molar-refractivity contribution in [2.45, 2.75) is 19.9 Å². The van der Waals surface area contributed by atoms with Crippen molar-refractivity contribution in [3.8, 4) is 0 Å². The van der Waals surface area contributed by atoms with Gasteiger partial charge in [-0.3, -0.25) is 9.97 Å². The van der Waals surface area contributed by atoms with Gasteiger partial charge in [0.1, 0.15) is 5.82 Å². The van der Waals surface area contributed by atoms with Gasteiger partial charge in [-0.1, -0.05) is 13.0 Å². The van der Waals surface area contributed by atoms with Crippen LogP contribution in [-0.4, -0.2) is 35.1 Å². The molecule has 106 valence electrons. The molecule has 0 bridgehead atoms. The van der Waals surface area contributed by atoms with Crippen LogP contribution in [0, 0.1) is 0 Å². The molecule has 0 atom stereocenters. The Hall–Kier alpha value is -2.01. The van der Waals surface area contributed by atoms with Gasteiger partial charge < -0.3 is 10.2 Å². The van der Waals surface area contributed by atoms with E-state index in [9.17, 15) is 0 Å². The van der Waals surface area contributed by atoms with Crippen molar-refractivity contribution in [3.05, 3.63) is 48.2 Å². The fourth-order valence-electron chi connectivity index (χ4n) is 1.83. The highest BCUT2D eigenvalue weighted by Gasteiger charge is 2.04. The SMILES string of the molecule is CCNCc1cnc(N(C)CCc2ccccn2)cn1. The first-order valence-corrected chi connectivity index (χ1v) is 6.92. The standard InChI is InChI=1S/C15H21N5/c1-3-16-10-14-11-19-15(12-18-14)20(2)9-7-13-6-4-5-8-17-13/h4-6,8,11-12,16H,3,7,9-10H2,1-2H3. The van der Waals surface area contributed by atoms with Gasteiger partial charge in [-0.25, -0.2) is 4.98 Å². The zero-order valence-electron chi connectivity index (χ0n) is 12.1. The average molecular weight is 271 g/mol. The van der Waals surface area contributed by atoms with E-state index in [1.165, 1.54) is 0 Å². The second-order valence-electron chi connectivity index (χ2n) is 4.64. The first-order chi connectivity index (χ1) is 9.79. The molecule has 0 radical (unpaired) electrons. The molecule has 5 nitrogen and oxygen atoms in total. The lowest BCUT2D eigenvalue weighted by molar-refractivity contribution is 0.705. The van der Waals surface area contributed by atoms with Crippen LogP contribution in [0.15, 0.2) is 36.8 Å². The smallest absolute Gasteiger partial charge is 0.146 e. The van der Waals surface area contributed by atoms with E-state index in [2.05, 4.69) is 32.1 Å². The van der Waals surface area contributed by atoms with E-state index in [-0.39, 0.29) is 0 Å². The quantitative estimate of drug-likeness (QED) is 0.830. The number of likely N-dealkylation sites (N-methyl/N-ethyl adjacent to an activating group) is 1. The van der Waals surface area contributed by atoms with Crippen molar-refractivity contribution in [2.75, 3.05) is 25.0 Å². The Balaban J connectivity index is 1.87. The van der Waals surface area contributed by atoms with Gasteiger partial charge in [-0.15, -0.1) is 0 Å². The van der Waals surface area contributed by atoms with Crippen LogP contribution < -0.4 is 10.2 Å². The van der Waals surface area contributed by atoms with E-state index in [4.69, 9.17) is 0 Å². The normalized spacial score (nSPS) is 10.5. The third-order valence-corrected chi connectivity index (χ3v) is 3.07. The summed E-state index contributed by atoms with van der Waals surface area (Å²) in [6.07, 6.45) is 6.38. The van der Waals surface area contributed by atoms with Gasteiger partial charge >= 0.3 is 0 Å². The third-order valence-electron chi connectivity index (χ3n) is 3.07. The molecule has 2 aromatic rings. The number of rotatable bonds is 7. The summed E-state index contributed by atoms with van der Waals surface area (Å²) >= 11 is 0. The highest BCUT2D eigenvalue weighted by Crippen LogP contribution is 2.07. The summed E-state index contributed by atoms with van der Waals surface area (Å²) in [5.74, 6) is 0.890. The van der Waals surface area contributed by atoms with Gasteiger partial charge in [0, 0.05) is 38.4 Å². The van der Waals surface area contributed by atoms with Gasteiger partial charge in [-0.05, 0) is 18.7 Å². The summed E-state index contributed by atoms with van der Waals surface area (Å²) in [5.41, 5.74) is 2.06. The van der Waals surface area contributed by atoms with Crippen LogP contribution in [0.3, 0.4) is 0 Å². The third kappa shape index (κ3) is 4.28. The highest BCUT2D eigenvalue weighted by atomic mass is 15.2. The molecule has 0 spiro atoms. The molecule has 0 unspecified atom stereocenters. The summed E-state index contributed by atoms with van der Waals surface area (Å²) in [6.45, 7) is 4.65. The number of hydrogen-bond acceptors (Lipinski definition) is 5. The largest absolute Gasteiger partial charge is 0.358 e. The van der Waals surface area contributed by atoms with Crippen molar-refractivity contribution in [1.29, 1.82) is 0 Å². The van der Waals surface area contributed by atoms with Gasteiger partial charge in [0.25, 0.3) is 0 Å².